The van der Waals surface area contributed by atoms with Crippen LogP contribution < -0.4 is 5.32 Å². The maximum atomic E-state index is 6.13. The van der Waals surface area contributed by atoms with Crippen molar-refractivity contribution in [2.24, 2.45) is 7.05 Å². The molecule has 7 heteroatoms. The average molecular weight is 295 g/mol. The Kier molecular flexibility index (Phi) is 4.89. The van der Waals surface area contributed by atoms with Crippen LogP contribution >= 0.6 is 11.6 Å². The molecular weight excluding hydrogens is 276 g/mol. The molecule has 0 radical (unpaired) electrons. The second kappa shape index (κ2) is 6.65. The van der Waals surface area contributed by atoms with E-state index in [4.69, 9.17) is 11.6 Å². The molecule has 108 valence electrons. The van der Waals surface area contributed by atoms with Crippen LogP contribution in [0.5, 0.6) is 0 Å². The Morgan fingerprint density at radius 3 is 2.70 bits per heavy atom. The van der Waals surface area contributed by atoms with Crippen molar-refractivity contribution in [1.29, 1.82) is 0 Å². The van der Waals surface area contributed by atoms with Crippen molar-refractivity contribution in [3.63, 3.8) is 0 Å². The van der Waals surface area contributed by atoms with Gasteiger partial charge in [-0.15, -0.1) is 0 Å². The lowest BCUT2D eigenvalue weighted by Gasteiger charge is -2.10. The van der Waals surface area contributed by atoms with Crippen LogP contribution in [0.3, 0.4) is 0 Å². The van der Waals surface area contributed by atoms with Crippen molar-refractivity contribution < 1.29 is 0 Å². The van der Waals surface area contributed by atoms with Gasteiger partial charge in [0, 0.05) is 32.0 Å². The van der Waals surface area contributed by atoms with Gasteiger partial charge in [-0.05, 0) is 13.3 Å². The van der Waals surface area contributed by atoms with Gasteiger partial charge in [-0.2, -0.15) is 5.10 Å². The molecule has 2 heterocycles. The Balaban J connectivity index is 2.01. The number of hydrogen-bond acceptors (Lipinski definition) is 5. The van der Waals surface area contributed by atoms with E-state index >= 15 is 0 Å². The van der Waals surface area contributed by atoms with E-state index in [0.29, 0.717) is 11.7 Å². The molecule has 0 aliphatic carbocycles. The Hall–Kier alpha value is -1.69. The molecule has 0 saturated heterocycles. The molecule has 2 aromatic heterocycles. The maximum absolute atomic E-state index is 6.13. The third kappa shape index (κ3) is 3.66. The van der Waals surface area contributed by atoms with Gasteiger partial charge in [0.1, 0.15) is 23.1 Å². The number of anilines is 1. The van der Waals surface area contributed by atoms with Gasteiger partial charge in [0.25, 0.3) is 0 Å². The first-order valence-electron chi connectivity index (χ1n) is 6.71. The zero-order valence-corrected chi connectivity index (χ0v) is 12.8. The zero-order valence-electron chi connectivity index (χ0n) is 12.0. The quantitative estimate of drug-likeness (QED) is 0.827. The zero-order chi connectivity index (χ0) is 14.5. The maximum Gasteiger partial charge on any atom is 0.152 e. The van der Waals surface area contributed by atoms with E-state index in [1.54, 1.807) is 11.0 Å². The van der Waals surface area contributed by atoms with Crippen LogP contribution in [0.25, 0.3) is 0 Å². The van der Waals surface area contributed by atoms with Crippen LogP contribution in [0.15, 0.2) is 6.33 Å². The molecule has 0 aliphatic heterocycles. The summed E-state index contributed by atoms with van der Waals surface area (Å²) in [6.45, 7) is 4.72. The summed E-state index contributed by atoms with van der Waals surface area (Å²) < 4.78 is 1.70. The third-order valence-electron chi connectivity index (χ3n) is 2.89. The Morgan fingerprint density at radius 2 is 2.05 bits per heavy atom. The molecule has 0 amide bonds. The molecular formula is C13H19ClN6. The largest absolute Gasteiger partial charge is 0.369 e. The van der Waals surface area contributed by atoms with Crippen LogP contribution in [0.1, 0.15) is 30.6 Å². The fourth-order valence-corrected chi connectivity index (χ4v) is 2.02. The normalized spacial score (nSPS) is 10.8. The summed E-state index contributed by atoms with van der Waals surface area (Å²) in [4.78, 5) is 13.0. The summed E-state index contributed by atoms with van der Waals surface area (Å²) in [7, 11) is 1.86. The lowest BCUT2D eigenvalue weighted by atomic mass is 10.3. The first-order chi connectivity index (χ1) is 9.60. The van der Waals surface area contributed by atoms with E-state index in [9.17, 15) is 0 Å². The lowest BCUT2D eigenvalue weighted by molar-refractivity contribution is 0.741. The van der Waals surface area contributed by atoms with Gasteiger partial charge in [-0.3, -0.25) is 4.68 Å². The van der Waals surface area contributed by atoms with Gasteiger partial charge >= 0.3 is 0 Å². The fourth-order valence-electron chi connectivity index (χ4n) is 1.83. The van der Waals surface area contributed by atoms with Gasteiger partial charge in [-0.25, -0.2) is 15.0 Å². The van der Waals surface area contributed by atoms with E-state index in [0.717, 1.165) is 42.3 Å². The minimum atomic E-state index is 0.516. The van der Waals surface area contributed by atoms with E-state index in [-0.39, 0.29) is 0 Å². The molecule has 0 aliphatic rings. The summed E-state index contributed by atoms with van der Waals surface area (Å²) in [5, 5.41) is 8.04. The number of aromatic nitrogens is 5. The predicted molar refractivity (Wildman–Crippen MR) is 79.0 cm³/mol. The minimum Gasteiger partial charge on any atom is -0.369 e. The second-order valence-electron chi connectivity index (χ2n) is 4.67. The molecule has 0 aromatic carbocycles. The predicted octanol–water partition coefficient (Wildman–Crippen LogP) is 2.17. The third-order valence-corrected chi connectivity index (χ3v) is 3.26. The summed E-state index contributed by atoms with van der Waals surface area (Å²) in [6.07, 6.45) is 4.26. The topological polar surface area (TPSA) is 68.5 Å². The molecule has 20 heavy (non-hydrogen) atoms. The fraction of sp³-hybridized carbons (Fsp3) is 0.538. The van der Waals surface area contributed by atoms with E-state index < -0.39 is 0 Å². The van der Waals surface area contributed by atoms with Gasteiger partial charge in [0.2, 0.25) is 0 Å². The summed E-state index contributed by atoms with van der Waals surface area (Å²) in [5.41, 5.74) is 0.875. The Labute approximate surface area is 123 Å². The molecule has 1 N–H and O–H groups in total. The molecule has 0 unspecified atom stereocenters. The minimum absolute atomic E-state index is 0.516. The first-order valence-corrected chi connectivity index (χ1v) is 7.09. The Bertz CT molecular complexity index is 580. The van der Waals surface area contributed by atoms with E-state index in [2.05, 4.69) is 32.3 Å². The number of nitrogens with one attached hydrogen (secondary N) is 1. The van der Waals surface area contributed by atoms with Crippen molar-refractivity contribution in [2.45, 2.75) is 33.1 Å². The number of nitrogens with zero attached hydrogens (tertiary/aromatic N) is 5. The molecule has 0 atom stereocenters. The number of rotatable bonds is 6. The van der Waals surface area contributed by atoms with Crippen LogP contribution in [0, 0.1) is 6.92 Å². The summed E-state index contributed by atoms with van der Waals surface area (Å²) >= 11 is 6.13. The molecule has 2 aromatic rings. The monoisotopic (exact) mass is 294 g/mol. The van der Waals surface area contributed by atoms with Gasteiger partial charge in [0.15, 0.2) is 5.82 Å². The number of hydrogen-bond donors (Lipinski definition) is 1. The molecule has 0 bridgehead atoms. The van der Waals surface area contributed by atoms with Gasteiger partial charge in [-0.1, -0.05) is 18.5 Å². The first kappa shape index (κ1) is 14.7. The lowest BCUT2D eigenvalue weighted by Crippen LogP contribution is -2.11. The highest BCUT2D eigenvalue weighted by molar-refractivity contribution is 6.30. The summed E-state index contributed by atoms with van der Waals surface area (Å²) in [6, 6.07) is 0. The van der Waals surface area contributed by atoms with Crippen LogP contribution in [0.2, 0.25) is 5.15 Å². The highest BCUT2D eigenvalue weighted by Gasteiger charge is 2.09. The molecule has 0 spiro atoms. The van der Waals surface area contributed by atoms with Crippen molar-refractivity contribution in [3.8, 4) is 0 Å². The second-order valence-corrected chi connectivity index (χ2v) is 5.02. The van der Waals surface area contributed by atoms with Gasteiger partial charge in [0.05, 0.1) is 0 Å². The SMILES string of the molecule is CCCc1nc(Cl)c(C)c(NCCc2ncn(C)n2)n1. The van der Waals surface area contributed by atoms with E-state index in [1.807, 2.05) is 14.0 Å². The van der Waals surface area contributed by atoms with Crippen LogP contribution in [0.4, 0.5) is 5.82 Å². The molecule has 6 nitrogen and oxygen atoms in total. The van der Waals surface area contributed by atoms with Crippen molar-refractivity contribution in [2.75, 3.05) is 11.9 Å². The van der Waals surface area contributed by atoms with Gasteiger partial charge < -0.3 is 5.32 Å². The molecule has 0 saturated carbocycles. The summed E-state index contributed by atoms with van der Waals surface area (Å²) in [5.74, 6) is 2.39. The standard InChI is InChI=1S/C13H19ClN6/c1-4-5-11-17-12(14)9(2)13(18-11)15-7-6-10-16-8-20(3)19-10/h8H,4-7H2,1-3H3,(H,15,17,18). The van der Waals surface area contributed by atoms with Crippen molar-refractivity contribution in [1.82, 2.24) is 24.7 Å². The number of aryl methyl sites for hydroxylation is 2. The average Bonchev–Trinajstić information content (AvgIpc) is 2.81. The number of halogens is 1. The smallest absolute Gasteiger partial charge is 0.152 e. The van der Waals surface area contributed by atoms with E-state index in [1.165, 1.54) is 0 Å². The van der Waals surface area contributed by atoms with Crippen LogP contribution in [-0.4, -0.2) is 31.3 Å². The molecule has 2 rings (SSSR count). The van der Waals surface area contributed by atoms with Crippen LogP contribution in [-0.2, 0) is 19.9 Å². The van der Waals surface area contributed by atoms with Crippen molar-refractivity contribution in [3.05, 3.63) is 28.7 Å². The van der Waals surface area contributed by atoms with Crippen molar-refractivity contribution >= 4 is 17.4 Å². The highest BCUT2D eigenvalue weighted by atomic mass is 35.5. The molecule has 0 fully saturated rings. The highest BCUT2D eigenvalue weighted by Crippen LogP contribution is 2.20. The Morgan fingerprint density at radius 1 is 1.25 bits per heavy atom.